The number of benzene rings is 3. The number of Topliss-reactive ketones (excluding diaryl/α,β-unsaturated/α-hetero) is 1. The highest BCUT2D eigenvalue weighted by Gasteiger charge is 2.45. The van der Waals surface area contributed by atoms with Gasteiger partial charge in [0.1, 0.15) is 11.3 Å². The van der Waals surface area contributed by atoms with E-state index in [0.717, 1.165) is 31.9 Å². The maximum Gasteiger partial charge on any atom is 0.294 e. The molecule has 9 heteroatoms. The summed E-state index contributed by atoms with van der Waals surface area (Å²) in [5.74, 6) is -1.91. The number of likely N-dealkylation sites (N-methyl/N-ethyl adjacent to an activating group) is 1. The lowest BCUT2D eigenvalue weighted by atomic mass is 9.94. The number of aromatic hydroxyl groups is 1. The molecule has 2 aliphatic heterocycles. The van der Waals surface area contributed by atoms with Gasteiger partial charge < -0.3 is 24.4 Å². The van der Waals surface area contributed by atoms with E-state index in [1.54, 1.807) is 36.4 Å². The van der Waals surface area contributed by atoms with Gasteiger partial charge in [-0.1, -0.05) is 23.7 Å². The number of aliphatic hydroxyl groups excluding tert-OH is 1. The second-order valence-electron chi connectivity index (χ2n) is 9.86. The van der Waals surface area contributed by atoms with E-state index in [9.17, 15) is 19.8 Å². The van der Waals surface area contributed by atoms with Crippen LogP contribution in [0.15, 0.2) is 88.5 Å². The number of amides is 1. The summed E-state index contributed by atoms with van der Waals surface area (Å²) in [7, 11) is 2.10. The SMILES string of the molecule is CN1CCN(c2ccc(N3C(=O)C(O)=C(C(=O)c4cc5cc(Cl)ccc5o4)C3c3ccc(O)cc3)cc2)CC1. The molecule has 2 aliphatic rings. The topological polar surface area (TPSA) is 97.5 Å². The summed E-state index contributed by atoms with van der Waals surface area (Å²) in [6.07, 6.45) is 0. The largest absolute Gasteiger partial charge is 0.508 e. The first-order valence-corrected chi connectivity index (χ1v) is 13.0. The first-order valence-electron chi connectivity index (χ1n) is 12.6. The molecule has 0 bridgehead atoms. The van der Waals surface area contributed by atoms with Crippen molar-refractivity contribution in [3.63, 3.8) is 0 Å². The molecular weight excluding hydrogens is 518 g/mol. The minimum absolute atomic E-state index is 0.0161. The van der Waals surface area contributed by atoms with Gasteiger partial charge in [-0.05, 0) is 73.3 Å². The molecule has 0 saturated carbocycles. The summed E-state index contributed by atoms with van der Waals surface area (Å²) in [5, 5.41) is 22.0. The van der Waals surface area contributed by atoms with Gasteiger partial charge in [-0.2, -0.15) is 0 Å². The Kier molecular flexibility index (Phi) is 6.29. The van der Waals surface area contributed by atoms with E-state index in [1.165, 1.54) is 17.0 Å². The lowest BCUT2D eigenvalue weighted by molar-refractivity contribution is -0.117. The second-order valence-corrected chi connectivity index (χ2v) is 10.3. The van der Waals surface area contributed by atoms with Crippen molar-refractivity contribution in [1.29, 1.82) is 0 Å². The van der Waals surface area contributed by atoms with Gasteiger partial charge in [0.25, 0.3) is 5.91 Å². The average molecular weight is 544 g/mol. The van der Waals surface area contributed by atoms with Crippen molar-refractivity contribution >= 4 is 45.6 Å². The fraction of sp³-hybridized carbons (Fsp3) is 0.200. The van der Waals surface area contributed by atoms with Crippen LogP contribution in [0.5, 0.6) is 5.75 Å². The van der Waals surface area contributed by atoms with Crippen LogP contribution in [0.3, 0.4) is 0 Å². The van der Waals surface area contributed by atoms with Gasteiger partial charge in [0.05, 0.1) is 11.6 Å². The Morgan fingerprint density at radius 3 is 2.26 bits per heavy atom. The summed E-state index contributed by atoms with van der Waals surface area (Å²) in [5.41, 5.74) is 2.48. The number of anilines is 2. The number of aliphatic hydroxyl groups is 1. The molecule has 1 atom stereocenters. The van der Waals surface area contributed by atoms with Gasteiger partial charge in [-0.3, -0.25) is 14.5 Å². The maximum atomic E-state index is 13.8. The van der Waals surface area contributed by atoms with E-state index >= 15 is 0 Å². The molecule has 0 radical (unpaired) electrons. The predicted octanol–water partition coefficient (Wildman–Crippen LogP) is 5.33. The van der Waals surface area contributed by atoms with Crippen LogP contribution in [-0.2, 0) is 4.79 Å². The normalized spacial score (nSPS) is 18.4. The molecule has 3 heterocycles. The van der Waals surface area contributed by atoms with E-state index in [0.29, 0.717) is 27.2 Å². The Morgan fingerprint density at radius 2 is 1.56 bits per heavy atom. The standard InChI is InChI=1S/C30H26ClN3O5/c1-32-12-14-33(15-13-32)21-5-7-22(8-6-21)34-27(18-2-9-23(35)10-3-18)26(29(37)30(34)38)28(36)25-17-19-16-20(31)4-11-24(19)39-25/h2-11,16-17,27,35,37H,12-15H2,1H3. The molecule has 8 nitrogen and oxygen atoms in total. The van der Waals surface area contributed by atoms with Gasteiger partial charge in [-0.25, -0.2) is 0 Å². The van der Waals surface area contributed by atoms with E-state index in [-0.39, 0.29) is 17.1 Å². The minimum atomic E-state index is -0.933. The van der Waals surface area contributed by atoms with Crippen molar-refractivity contribution in [3.8, 4) is 5.75 Å². The number of piperazine rings is 1. The minimum Gasteiger partial charge on any atom is -0.508 e. The van der Waals surface area contributed by atoms with Gasteiger partial charge in [0.15, 0.2) is 11.5 Å². The fourth-order valence-corrected chi connectivity index (χ4v) is 5.40. The first kappa shape index (κ1) is 25.0. The highest BCUT2D eigenvalue weighted by atomic mass is 35.5. The lowest BCUT2D eigenvalue weighted by Gasteiger charge is -2.34. The molecule has 3 aromatic carbocycles. The Hall–Kier alpha value is -4.27. The number of ketones is 1. The Balaban J connectivity index is 1.39. The molecule has 0 spiro atoms. The van der Waals surface area contributed by atoms with Gasteiger partial charge in [0.2, 0.25) is 5.78 Å². The molecule has 1 saturated heterocycles. The molecule has 4 aromatic rings. The number of furan rings is 1. The van der Waals surface area contributed by atoms with Crippen LogP contribution in [0.25, 0.3) is 11.0 Å². The third-order valence-electron chi connectivity index (χ3n) is 7.36. The number of rotatable bonds is 5. The molecule has 1 aromatic heterocycles. The van der Waals surface area contributed by atoms with E-state index in [4.69, 9.17) is 16.0 Å². The number of carbonyl (C=O) groups excluding carboxylic acids is 2. The zero-order valence-electron chi connectivity index (χ0n) is 21.2. The average Bonchev–Trinajstić information content (AvgIpc) is 3.47. The van der Waals surface area contributed by atoms with Gasteiger partial charge in [-0.15, -0.1) is 0 Å². The van der Waals surface area contributed by atoms with Crippen LogP contribution in [0, 0.1) is 0 Å². The summed E-state index contributed by atoms with van der Waals surface area (Å²) in [6, 6.07) is 19.4. The second kappa shape index (κ2) is 9.80. The highest BCUT2D eigenvalue weighted by Crippen LogP contribution is 2.43. The van der Waals surface area contributed by atoms with Crippen LogP contribution in [-0.4, -0.2) is 60.0 Å². The zero-order chi connectivity index (χ0) is 27.3. The summed E-state index contributed by atoms with van der Waals surface area (Å²) in [6.45, 7) is 3.73. The summed E-state index contributed by atoms with van der Waals surface area (Å²) in [4.78, 5) is 33.2. The van der Waals surface area contributed by atoms with E-state index < -0.39 is 23.5 Å². The molecule has 198 valence electrons. The Labute approximate surface area is 229 Å². The predicted molar refractivity (Wildman–Crippen MR) is 150 cm³/mol. The van der Waals surface area contributed by atoms with Crippen LogP contribution in [0.4, 0.5) is 11.4 Å². The molecular formula is C30H26ClN3O5. The highest BCUT2D eigenvalue weighted by molar-refractivity contribution is 6.31. The molecule has 0 aliphatic carbocycles. The third-order valence-corrected chi connectivity index (χ3v) is 7.60. The van der Waals surface area contributed by atoms with Crippen molar-refractivity contribution in [2.75, 3.05) is 43.0 Å². The van der Waals surface area contributed by atoms with E-state index in [2.05, 4.69) is 16.8 Å². The number of hydrogen-bond donors (Lipinski definition) is 2. The van der Waals surface area contributed by atoms with Gasteiger partial charge >= 0.3 is 0 Å². The Morgan fingerprint density at radius 1 is 0.897 bits per heavy atom. The van der Waals surface area contributed by atoms with E-state index in [1.807, 2.05) is 24.3 Å². The third kappa shape index (κ3) is 4.51. The maximum absolute atomic E-state index is 13.8. The smallest absolute Gasteiger partial charge is 0.294 e. The molecule has 39 heavy (non-hydrogen) atoms. The van der Waals surface area contributed by atoms with Crippen molar-refractivity contribution in [3.05, 3.63) is 100 Å². The first-order chi connectivity index (χ1) is 18.8. The number of hydrogen-bond acceptors (Lipinski definition) is 7. The van der Waals surface area contributed by atoms with Gasteiger partial charge in [0, 0.05) is 48.0 Å². The van der Waals surface area contributed by atoms with Crippen molar-refractivity contribution < 1.29 is 24.2 Å². The van der Waals surface area contributed by atoms with Crippen molar-refractivity contribution in [2.45, 2.75) is 6.04 Å². The Bertz CT molecular complexity index is 1600. The van der Waals surface area contributed by atoms with Crippen LogP contribution in [0.1, 0.15) is 22.2 Å². The monoisotopic (exact) mass is 543 g/mol. The van der Waals surface area contributed by atoms with Crippen LogP contribution >= 0.6 is 11.6 Å². The summed E-state index contributed by atoms with van der Waals surface area (Å²) >= 11 is 6.09. The van der Waals surface area contributed by atoms with Crippen LogP contribution in [0.2, 0.25) is 5.02 Å². The molecule has 1 fully saturated rings. The van der Waals surface area contributed by atoms with Crippen molar-refractivity contribution in [1.82, 2.24) is 4.90 Å². The quantitative estimate of drug-likeness (QED) is 0.328. The van der Waals surface area contributed by atoms with Crippen LogP contribution < -0.4 is 9.80 Å². The fourth-order valence-electron chi connectivity index (χ4n) is 5.22. The summed E-state index contributed by atoms with van der Waals surface area (Å²) < 4.78 is 5.78. The number of halogens is 1. The number of carbonyl (C=O) groups is 2. The van der Waals surface area contributed by atoms with Crippen molar-refractivity contribution in [2.24, 2.45) is 0 Å². The lowest BCUT2D eigenvalue weighted by Crippen LogP contribution is -2.44. The molecule has 2 N–H and O–H groups in total. The number of phenols is 1. The zero-order valence-corrected chi connectivity index (χ0v) is 21.9. The number of phenolic OH excluding ortho intramolecular Hbond substituents is 1. The molecule has 1 unspecified atom stereocenters. The number of fused-ring (bicyclic) bond motifs is 1. The number of nitrogens with zero attached hydrogens (tertiary/aromatic N) is 3. The molecule has 6 rings (SSSR count). The molecule has 1 amide bonds.